The Morgan fingerprint density at radius 3 is 2.92 bits per heavy atom. The van der Waals surface area contributed by atoms with Crippen molar-refractivity contribution in [2.24, 2.45) is 0 Å². The summed E-state index contributed by atoms with van der Waals surface area (Å²) < 4.78 is 29.1. The highest BCUT2D eigenvalue weighted by Gasteiger charge is 2.30. The van der Waals surface area contributed by atoms with Gasteiger partial charge in [0.2, 0.25) is 0 Å². The molecule has 3 amide bonds. The minimum Gasteiger partial charge on any atom is -0.479 e. The molecule has 1 aliphatic heterocycles. The number of nitrogens with one attached hydrogen (secondary N) is 1. The van der Waals surface area contributed by atoms with Crippen LogP contribution in [0.5, 0.6) is 5.75 Å². The first-order valence-electron chi connectivity index (χ1n) is 7.05. The van der Waals surface area contributed by atoms with E-state index in [1.165, 1.54) is 19.2 Å². The molecular weight excluding hydrogens is 357 g/mol. The van der Waals surface area contributed by atoms with Gasteiger partial charge in [0, 0.05) is 0 Å². The van der Waals surface area contributed by atoms with Gasteiger partial charge in [-0.1, -0.05) is 17.5 Å². The van der Waals surface area contributed by atoms with Crippen molar-refractivity contribution in [2.75, 3.05) is 38.9 Å². The maximum atomic E-state index is 14.3. The van der Waals surface area contributed by atoms with Crippen LogP contribution < -0.4 is 10.1 Å². The van der Waals surface area contributed by atoms with Crippen molar-refractivity contribution < 1.29 is 28.2 Å². The Morgan fingerprint density at radius 2 is 2.24 bits per heavy atom. The van der Waals surface area contributed by atoms with E-state index in [-0.39, 0.29) is 42.9 Å². The van der Waals surface area contributed by atoms with Gasteiger partial charge in [-0.05, 0) is 12.1 Å². The number of carbonyl (C=O) groups is 2. The topological polar surface area (TPSA) is 80.3 Å². The highest BCUT2D eigenvalue weighted by Crippen LogP contribution is 2.32. The lowest BCUT2D eigenvalue weighted by molar-refractivity contribution is -0.107. The predicted molar refractivity (Wildman–Crippen MR) is 86.5 cm³/mol. The molecule has 0 aliphatic carbocycles. The first-order chi connectivity index (χ1) is 12.0. The molecule has 8 nitrogen and oxygen atoms in total. The fraction of sp³-hybridized carbons (Fsp3) is 0.333. The number of hydrazine groups is 1. The molecular formula is C15H15ClFN3O5. The third-order valence-corrected chi connectivity index (χ3v) is 3.52. The van der Waals surface area contributed by atoms with Crippen molar-refractivity contribution in [3.05, 3.63) is 23.0 Å². The highest BCUT2D eigenvalue weighted by molar-refractivity contribution is 6.32. The van der Waals surface area contributed by atoms with E-state index in [2.05, 4.69) is 16.0 Å². The first-order valence-corrected chi connectivity index (χ1v) is 7.43. The molecule has 1 N–H and O–H groups in total. The number of terminal acetylenes is 1. The van der Waals surface area contributed by atoms with Gasteiger partial charge in [0.1, 0.15) is 24.1 Å². The average molecular weight is 372 g/mol. The van der Waals surface area contributed by atoms with Crippen molar-refractivity contribution in [3.8, 4) is 18.1 Å². The fourth-order valence-electron chi connectivity index (χ4n) is 1.99. The van der Waals surface area contributed by atoms with Gasteiger partial charge in [-0.25, -0.2) is 24.0 Å². The van der Waals surface area contributed by atoms with E-state index in [1.807, 2.05) is 0 Å². The molecule has 1 aliphatic rings. The van der Waals surface area contributed by atoms with Crippen molar-refractivity contribution in [3.63, 3.8) is 0 Å². The average Bonchev–Trinajstić information content (AvgIpc) is 2.64. The minimum absolute atomic E-state index is 0.0487. The fourth-order valence-corrected chi connectivity index (χ4v) is 2.21. The number of hydrogen-bond acceptors (Lipinski definition) is 5. The number of urea groups is 1. The number of benzene rings is 1. The molecule has 0 spiro atoms. The number of nitrogens with zero attached hydrogens (tertiary/aromatic N) is 2. The molecule has 134 valence electrons. The molecule has 0 saturated carbocycles. The molecule has 0 radical (unpaired) electrons. The summed E-state index contributed by atoms with van der Waals surface area (Å²) in [6, 6.07) is 1.83. The summed E-state index contributed by atoms with van der Waals surface area (Å²) in [6.07, 6.45) is 4.32. The van der Waals surface area contributed by atoms with Crippen molar-refractivity contribution in [2.45, 2.75) is 0 Å². The highest BCUT2D eigenvalue weighted by atomic mass is 35.5. The summed E-state index contributed by atoms with van der Waals surface area (Å²) in [6.45, 7) is 0.0756. The number of ether oxygens (including phenoxy) is 3. The molecule has 1 heterocycles. The molecule has 1 aromatic rings. The van der Waals surface area contributed by atoms with E-state index in [0.29, 0.717) is 0 Å². The maximum Gasteiger partial charge on any atom is 0.428 e. The quantitative estimate of drug-likeness (QED) is 0.825. The number of amides is 3. The van der Waals surface area contributed by atoms with Crippen LogP contribution in [-0.2, 0) is 9.47 Å². The van der Waals surface area contributed by atoms with Crippen molar-refractivity contribution >= 4 is 29.4 Å². The van der Waals surface area contributed by atoms with Gasteiger partial charge in [0.25, 0.3) is 0 Å². The monoisotopic (exact) mass is 371 g/mol. The van der Waals surface area contributed by atoms with E-state index in [0.717, 1.165) is 10.0 Å². The Labute approximate surface area is 148 Å². The smallest absolute Gasteiger partial charge is 0.428 e. The molecule has 0 bridgehead atoms. The minimum atomic E-state index is -0.896. The summed E-state index contributed by atoms with van der Waals surface area (Å²) in [5.74, 6) is 1.38. The Bertz CT molecular complexity index is 709. The van der Waals surface area contributed by atoms with Crippen LogP contribution >= 0.6 is 11.6 Å². The van der Waals surface area contributed by atoms with Gasteiger partial charge in [-0.3, -0.25) is 0 Å². The van der Waals surface area contributed by atoms with Crippen molar-refractivity contribution in [1.82, 2.24) is 10.0 Å². The number of hydrogen-bond donors (Lipinski definition) is 1. The standard InChI is InChI=1S/C15H15ClFN3O5/c1-3-7-25-11-5-4-10(13(17)12(11)16)18-14(21)20-9-24-8-6-19(20)15(22)23-2/h1,4-5H,6-9H2,2H3,(H,18,21). The summed E-state index contributed by atoms with van der Waals surface area (Å²) in [5, 5.41) is 3.98. The first kappa shape index (κ1) is 18.6. The van der Waals surface area contributed by atoms with Crippen LogP contribution in [0.2, 0.25) is 5.02 Å². The Balaban J connectivity index is 2.15. The normalized spacial score (nSPS) is 13.8. The molecule has 2 rings (SSSR count). The maximum absolute atomic E-state index is 14.3. The summed E-state index contributed by atoms with van der Waals surface area (Å²) in [4.78, 5) is 24.0. The van der Waals surface area contributed by atoms with Gasteiger partial charge in [-0.15, -0.1) is 6.42 Å². The van der Waals surface area contributed by atoms with E-state index in [1.54, 1.807) is 0 Å². The lowest BCUT2D eigenvalue weighted by Crippen LogP contribution is -2.56. The van der Waals surface area contributed by atoms with Gasteiger partial charge >= 0.3 is 12.1 Å². The van der Waals surface area contributed by atoms with Crippen LogP contribution in [-0.4, -0.2) is 55.7 Å². The molecule has 0 atom stereocenters. The van der Waals surface area contributed by atoms with Crippen LogP contribution in [0, 0.1) is 18.2 Å². The Hall–Kier alpha value is -2.70. The predicted octanol–water partition coefficient (Wildman–Crippen LogP) is 2.30. The second kappa shape index (κ2) is 8.41. The summed E-state index contributed by atoms with van der Waals surface area (Å²) in [7, 11) is 1.18. The van der Waals surface area contributed by atoms with Crippen LogP contribution in [0.4, 0.5) is 19.7 Å². The molecule has 1 aromatic carbocycles. The van der Waals surface area contributed by atoms with E-state index >= 15 is 0 Å². The Morgan fingerprint density at radius 1 is 1.48 bits per heavy atom. The van der Waals surface area contributed by atoms with Crippen LogP contribution in [0.1, 0.15) is 0 Å². The number of methoxy groups -OCH3 is 1. The molecule has 10 heteroatoms. The largest absolute Gasteiger partial charge is 0.479 e. The van der Waals surface area contributed by atoms with Crippen molar-refractivity contribution in [1.29, 1.82) is 0 Å². The zero-order valence-corrected chi connectivity index (χ0v) is 14.0. The number of halogens is 2. The molecule has 25 heavy (non-hydrogen) atoms. The van der Waals surface area contributed by atoms with Crippen LogP contribution in [0.25, 0.3) is 0 Å². The molecule has 1 fully saturated rings. The molecule has 0 unspecified atom stereocenters. The zero-order valence-electron chi connectivity index (χ0n) is 13.3. The van der Waals surface area contributed by atoms with Gasteiger partial charge in [-0.2, -0.15) is 0 Å². The van der Waals surface area contributed by atoms with Gasteiger partial charge in [0.05, 0.1) is 25.9 Å². The van der Waals surface area contributed by atoms with Gasteiger partial charge in [0.15, 0.2) is 5.82 Å². The van der Waals surface area contributed by atoms with Crippen LogP contribution in [0.15, 0.2) is 12.1 Å². The van der Waals surface area contributed by atoms with Gasteiger partial charge < -0.3 is 19.5 Å². The zero-order chi connectivity index (χ0) is 18.4. The number of carbonyl (C=O) groups excluding carboxylic acids is 2. The third-order valence-electron chi connectivity index (χ3n) is 3.17. The number of anilines is 1. The SMILES string of the molecule is C#CCOc1ccc(NC(=O)N2COCCN2C(=O)OC)c(F)c1Cl. The lowest BCUT2D eigenvalue weighted by atomic mass is 10.3. The van der Waals surface area contributed by atoms with Crippen LogP contribution in [0.3, 0.4) is 0 Å². The second-order valence-electron chi connectivity index (χ2n) is 4.69. The summed E-state index contributed by atoms with van der Waals surface area (Å²) in [5.41, 5.74) is -0.196. The second-order valence-corrected chi connectivity index (χ2v) is 5.07. The third kappa shape index (κ3) is 4.23. The number of rotatable bonds is 3. The lowest BCUT2D eigenvalue weighted by Gasteiger charge is -2.36. The Kier molecular flexibility index (Phi) is 6.27. The van der Waals surface area contributed by atoms with E-state index in [4.69, 9.17) is 27.5 Å². The molecule has 0 aromatic heterocycles. The van der Waals surface area contributed by atoms with E-state index < -0.39 is 17.9 Å². The summed E-state index contributed by atoms with van der Waals surface area (Å²) >= 11 is 5.86. The van der Waals surface area contributed by atoms with E-state index in [9.17, 15) is 14.0 Å². The molecule has 1 saturated heterocycles.